The van der Waals surface area contributed by atoms with Crippen LogP contribution in [-0.4, -0.2) is 52.7 Å². The molecule has 0 spiro atoms. The van der Waals surface area contributed by atoms with Crippen molar-refractivity contribution in [1.82, 2.24) is 15.1 Å². The van der Waals surface area contributed by atoms with Crippen LogP contribution in [0.3, 0.4) is 0 Å². The van der Waals surface area contributed by atoms with Crippen molar-refractivity contribution in [1.29, 1.82) is 0 Å². The van der Waals surface area contributed by atoms with E-state index < -0.39 is 5.82 Å². The maximum Gasteiger partial charge on any atom is 0.317 e. The summed E-state index contributed by atoms with van der Waals surface area (Å²) in [7, 11) is 0. The molecule has 1 aromatic carbocycles. The Morgan fingerprint density at radius 1 is 1.29 bits per heavy atom. The first kappa shape index (κ1) is 18.7. The number of nitrogens with zero attached hydrogens (tertiary/aromatic N) is 2. The van der Waals surface area contributed by atoms with E-state index in [9.17, 15) is 9.18 Å². The zero-order chi connectivity index (χ0) is 17.7. The number of benzene rings is 1. The fourth-order valence-electron chi connectivity index (χ4n) is 2.86. The molecule has 0 aromatic heterocycles. The molecule has 2 N–H and O–H groups in total. The molecular formula is C18H28FN3O2. The second-order valence-corrected chi connectivity index (χ2v) is 6.88. The third-order valence-electron chi connectivity index (χ3n) is 5.02. The van der Waals surface area contributed by atoms with Gasteiger partial charge in [-0.3, -0.25) is 4.90 Å². The van der Waals surface area contributed by atoms with Gasteiger partial charge in [-0.1, -0.05) is 19.1 Å². The average molecular weight is 337 g/mol. The summed E-state index contributed by atoms with van der Waals surface area (Å²) in [5.74, 6) is -0.445. The molecule has 1 saturated heterocycles. The lowest BCUT2D eigenvalue weighted by Gasteiger charge is -2.43. The number of piperazine rings is 1. The number of halogens is 1. The Morgan fingerprint density at radius 3 is 2.50 bits per heavy atom. The van der Waals surface area contributed by atoms with Crippen LogP contribution in [0.4, 0.5) is 9.18 Å². The van der Waals surface area contributed by atoms with Crippen LogP contribution in [0.5, 0.6) is 0 Å². The van der Waals surface area contributed by atoms with Gasteiger partial charge in [0.25, 0.3) is 0 Å². The molecule has 0 radical (unpaired) electrons. The van der Waals surface area contributed by atoms with E-state index >= 15 is 0 Å². The highest BCUT2D eigenvalue weighted by Gasteiger charge is 2.29. The summed E-state index contributed by atoms with van der Waals surface area (Å²) < 4.78 is 13.6. The molecule has 1 fully saturated rings. The van der Waals surface area contributed by atoms with E-state index in [1.54, 1.807) is 17.0 Å². The van der Waals surface area contributed by atoms with Gasteiger partial charge in [0.05, 0.1) is 6.61 Å². The van der Waals surface area contributed by atoms with Crippen molar-refractivity contribution in [2.24, 2.45) is 0 Å². The first-order valence-electron chi connectivity index (χ1n) is 8.53. The maximum atomic E-state index is 13.6. The van der Waals surface area contributed by atoms with Gasteiger partial charge in [-0.05, 0) is 31.9 Å². The Hall–Kier alpha value is -1.66. The van der Waals surface area contributed by atoms with Gasteiger partial charge in [0.15, 0.2) is 0 Å². The standard InChI is InChI=1S/C18H28FN3O2/c1-4-18(2,3)22-9-7-21(8-10-22)17(24)20-12-14-5-6-15(13-23)16(19)11-14/h5-6,11,23H,4,7-10,12-13H2,1-3H3,(H,20,24). The van der Waals surface area contributed by atoms with Gasteiger partial charge in [-0.2, -0.15) is 0 Å². The highest BCUT2D eigenvalue weighted by molar-refractivity contribution is 5.74. The van der Waals surface area contributed by atoms with Crippen molar-refractivity contribution in [2.45, 2.75) is 45.9 Å². The van der Waals surface area contributed by atoms with Gasteiger partial charge in [-0.15, -0.1) is 0 Å². The Balaban J connectivity index is 1.83. The van der Waals surface area contributed by atoms with E-state index in [0.717, 1.165) is 19.5 Å². The molecule has 5 nitrogen and oxygen atoms in total. The van der Waals surface area contributed by atoms with Gasteiger partial charge in [0, 0.05) is 43.8 Å². The van der Waals surface area contributed by atoms with E-state index in [1.807, 2.05) is 0 Å². The maximum absolute atomic E-state index is 13.6. The lowest BCUT2D eigenvalue weighted by atomic mass is 9.98. The number of aliphatic hydroxyl groups excluding tert-OH is 1. The minimum atomic E-state index is -0.445. The van der Waals surface area contributed by atoms with Crippen molar-refractivity contribution >= 4 is 6.03 Å². The Bertz CT molecular complexity index is 569. The third kappa shape index (κ3) is 4.45. The topological polar surface area (TPSA) is 55.8 Å². The SMILES string of the molecule is CCC(C)(C)N1CCN(C(=O)NCc2ccc(CO)c(F)c2)CC1. The van der Waals surface area contributed by atoms with E-state index in [2.05, 4.69) is 31.0 Å². The molecule has 1 aromatic rings. The summed E-state index contributed by atoms with van der Waals surface area (Å²) in [6.07, 6.45) is 1.08. The molecule has 1 heterocycles. The van der Waals surface area contributed by atoms with Crippen LogP contribution in [0, 0.1) is 5.82 Å². The van der Waals surface area contributed by atoms with Crippen molar-refractivity contribution in [3.8, 4) is 0 Å². The number of hydrogen-bond acceptors (Lipinski definition) is 3. The number of carbonyl (C=O) groups is 1. The number of carbonyl (C=O) groups excluding carboxylic acids is 1. The fourth-order valence-corrected chi connectivity index (χ4v) is 2.86. The number of nitrogens with one attached hydrogen (secondary N) is 1. The van der Waals surface area contributed by atoms with Gasteiger partial charge in [-0.25, -0.2) is 9.18 Å². The van der Waals surface area contributed by atoms with E-state index in [-0.39, 0.29) is 30.3 Å². The van der Waals surface area contributed by atoms with E-state index in [0.29, 0.717) is 18.7 Å². The van der Waals surface area contributed by atoms with Gasteiger partial charge in [0.2, 0.25) is 0 Å². The second kappa shape index (κ2) is 7.94. The average Bonchev–Trinajstić information content (AvgIpc) is 2.60. The Morgan fingerprint density at radius 2 is 1.96 bits per heavy atom. The highest BCUT2D eigenvalue weighted by atomic mass is 19.1. The molecule has 24 heavy (non-hydrogen) atoms. The molecule has 2 rings (SSSR count). The lowest BCUT2D eigenvalue weighted by molar-refractivity contribution is 0.0614. The summed E-state index contributed by atoms with van der Waals surface area (Å²) in [5, 5.41) is 11.8. The van der Waals surface area contributed by atoms with Gasteiger partial charge >= 0.3 is 6.03 Å². The molecule has 1 aliphatic rings. The number of rotatable bonds is 5. The first-order valence-corrected chi connectivity index (χ1v) is 8.53. The van der Waals surface area contributed by atoms with Gasteiger partial charge < -0.3 is 15.3 Å². The third-order valence-corrected chi connectivity index (χ3v) is 5.02. The van der Waals surface area contributed by atoms with Crippen LogP contribution in [0.25, 0.3) is 0 Å². The predicted octanol–water partition coefficient (Wildman–Crippen LogP) is 2.33. The molecule has 1 aliphatic heterocycles. The van der Waals surface area contributed by atoms with Crippen LogP contribution in [0.2, 0.25) is 0 Å². The zero-order valence-electron chi connectivity index (χ0n) is 14.8. The number of amides is 2. The second-order valence-electron chi connectivity index (χ2n) is 6.88. The molecule has 0 atom stereocenters. The van der Waals surface area contributed by atoms with Crippen molar-refractivity contribution in [3.05, 3.63) is 35.1 Å². The summed E-state index contributed by atoms with van der Waals surface area (Å²) in [6, 6.07) is 4.50. The van der Waals surface area contributed by atoms with Crippen LogP contribution in [-0.2, 0) is 13.2 Å². The highest BCUT2D eigenvalue weighted by Crippen LogP contribution is 2.20. The fraction of sp³-hybridized carbons (Fsp3) is 0.611. The smallest absolute Gasteiger partial charge is 0.317 e. The Labute approximate surface area is 143 Å². The minimum Gasteiger partial charge on any atom is -0.392 e. The van der Waals surface area contributed by atoms with Crippen LogP contribution < -0.4 is 5.32 Å². The molecule has 6 heteroatoms. The molecular weight excluding hydrogens is 309 g/mol. The zero-order valence-corrected chi connectivity index (χ0v) is 14.8. The molecule has 0 bridgehead atoms. The summed E-state index contributed by atoms with van der Waals surface area (Å²) in [6.45, 7) is 9.74. The number of urea groups is 1. The summed E-state index contributed by atoms with van der Waals surface area (Å²) >= 11 is 0. The molecule has 134 valence electrons. The van der Waals surface area contributed by atoms with Gasteiger partial charge in [0.1, 0.15) is 5.82 Å². The van der Waals surface area contributed by atoms with E-state index in [1.165, 1.54) is 6.07 Å². The van der Waals surface area contributed by atoms with Crippen molar-refractivity contribution in [3.63, 3.8) is 0 Å². The first-order chi connectivity index (χ1) is 11.4. The number of hydrogen-bond donors (Lipinski definition) is 2. The Kier molecular flexibility index (Phi) is 6.18. The normalized spacial score (nSPS) is 16.3. The number of aliphatic hydroxyl groups is 1. The molecule has 0 unspecified atom stereocenters. The molecule has 0 saturated carbocycles. The van der Waals surface area contributed by atoms with Crippen molar-refractivity contribution < 1.29 is 14.3 Å². The van der Waals surface area contributed by atoms with Crippen LogP contribution in [0.1, 0.15) is 38.3 Å². The quantitative estimate of drug-likeness (QED) is 0.867. The largest absolute Gasteiger partial charge is 0.392 e. The minimum absolute atomic E-state index is 0.115. The van der Waals surface area contributed by atoms with E-state index in [4.69, 9.17) is 5.11 Å². The molecule has 2 amide bonds. The molecule has 0 aliphatic carbocycles. The lowest BCUT2D eigenvalue weighted by Crippen LogP contribution is -2.57. The van der Waals surface area contributed by atoms with Crippen LogP contribution >= 0.6 is 0 Å². The predicted molar refractivity (Wildman–Crippen MR) is 92.1 cm³/mol. The van der Waals surface area contributed by atoms with Crippen LogP contribution in [0.15, 0.2) is 18.2 Å². The monoisotopic (exact) mass is 337 g/mol. The van der Waals surface area contributed by atoms with Crippen molar-refractivity contribution in [2.75, 3.05) is 26.2 Å². The summed E-state index contributed by atoms with van der Waals surface area (Å²) in [5.41, 5.74) is 1.11. The summed E-state index contributed by atoms with van der Waals surface area (Å²) in [4.78, 5) is 16.5.